The van der Waals surface area contributed by atoms with E-state index in [4.69, 9.17) is 4.89 Å². The van der Waals surface area contributed by atoms with Crippen LogP contribution in [-0.2, 0) is 9.09 Å². The number of rotatable bonds is 12. The predicted octanol–water partition coefficient (Wildman–Crippen LogP) is 6.24. The van der Waals surface area contributed by atoms with Gasteiger partial charge in [0.1, 0.15) is 6.61 Å². The minimum absolute atomic E-state index is 0.419. The molecule has 4 heteroatoms. The second-order valence-electron chi connectivity index (χ2n) is 5.36. The van der Waals surface area contributed by atoms with Crippen molar-refractivity contribution in [3.05, 3.63) is 0 Å². The molecule has 0 spiro atoms. The van der Waals surface area contributed by atoms with Gasteiger partial charge in [0.15, 0.2) is 0 Å². The van der Waals surface area contributed by atoms with E-state index < -0.39 is 8.25 Å². The molecule has 0 aromatic rings. The van der Waals surface area contributed by atoms with E-state index in [1.807, 2.05) is 0 Å². The molecule has 0 aromatic heterocycles. The molecule has 0 fully saturated rings. The summed E-state index contributed by atoms with van der Waals surface area (Å²) in [4.78, 5) is 8.41. The highest BCUT2D eigenvalue weighted by atomic mass is 31.1. The van der Waals surface area contributed by atoms with Gasteiger partial charge in [-0.2, -0.15) is 0 Å². The van der Waals surface area contributed by atoms with E-state index >= 15 is 0 Å². The van der Waals surface area contributed by atoms with Gasteiger partial charge in [-0.05, 0) is 12.3 Å². The molecule has 122 valence electrons. The molecule has 2 unspecified atom stereocenters. The molecule has 0 aromatic carbocycles. The van der Waals surface area contributed by atoms with Crippen LogP contribution in [0.2, 0.25) is 0 Å². The highest BCUT2D eigenvalue weighted by molar-refractivity contribution is 7.32. The Morgan fingerprint density at radius 1 is 0.900 bits per heavy atom. The fourth-order valence-electron chi connectivity index (χ4n) is 1.92. The molecular formula is C16H36O3P+. The van der Waals surface area contributed by atoms with Crippen LogP contribution in [0.25, 0.3) is 0 Å². The van der Waals surface area contributed by atoms with E-state index in [-0.39, 0.29) is 0 Å². The van der Waals surface area contributed by atoms with Gasteiger partial charge in [0.05, 0.1) is 0 Å². The molecule has 2 atom stereocenters. The summed E-state index contributed by atoms with van der Waals surface area (Å²) in [5, 5.41) is 0. The fraction of sp³-hybridized carbons (Fsp3) is 1.00. The summed E-state index contributed by atoms with van der Waals surface area (Å²) in [5.41, 5.74) is 0. The van der Waals surface area contributed by atoms with Gasteiger partial charge in [-0.25, -0.2) is 0 Å². The quantitative estimate of drug-likeness (QED) is 0.343. The van der Waals surface area contributed by atoms with Crippen molar-refractivity contribution in [1.29, 1.82) is 0 Å². The van der Waals surface area contributed by atoms with Gasteiger partial charge in [-0.1, -0.05) is 85.5 Å². The Bertz CT molecular complexity index is 192. The average Bonchev–Trinajstić information content (AvgIpc) is 2.44. The molecule has 20 heavy (non-hydrogen) atoms. The van der Waals surface area contributed by atoms with Crippen LogP contribution in [-0.4, -0.2) is 11.5 Å². The summed E-state index contributed by atoms with van der Waals surface area (Å²) < 4.78 is 14.9. The molecule has 0 radical (unpaired) electrons. The maximum absolute atomic E-state index is 10.2. The maximum Gasteiger partial charge on any atom is 0.694 e. The van der Waals surface area contributed by atoms with E-state index in [1.165, 1.54) is 51.4 Å². The Hall–Kier alpha value is 0.0200. The first kappa shape index (κ1) is 22.3. The highest BCUT2D eigenvalue weighted by Gasteiger charge is 2.16. The van der Waals surface area contributed by atoms with Crippen molar-refractivity contribution in [3.63, 3.8) is 0 Å². The molecule has 0 rings (SSSR count). The zero-order valence-corrected chi connectivity index (χ0v) is 15.0. The lowest BCUT2D eigenvalue weighted by atomic mass is 10.0. The van der Waals surface area contributed by atoms with Crippen LogP contribution < -0.4 is 0 Å². The maximum atomic E-state index is 10.2. The summed E-state index contributed by atoms with van der Waals surface area (Å²) in [6.07, 6.45) is 12.9. The van der Waals surface area contributed by atoms with Gasteiger partial charge in [0.2, 0.25) is 0 Å². The molecule has 3 nitrogen and oxygen atoms in total. The first-order chi connectivity index (χ1) is 9.62. The van der Waals surface area contributed by atoms with Crippen LogP contribution in [0.4, 0.5) is 0 Å². The van der Waals surface area contributed by atoms with Crippen molar-refractivity contribution >= 4 is 8.25 Å². The topological polar surface area (TPSA) is 46.5 Å². The highest BCUT2D eigenvalue weighted by Crippen LogP contribution is 2.20. The number of hydrogen-bond acceptors (Lipinski definition) is 2. The lowest BCUT2D eigenvalue weighted by Gasteiger charge is -2.08. The van der Waals surface area contributed by atoms with E-state index in [2.05, 4.69) is 32.2 Å². The number of hydrogen-bond donors (Lipinski definition) is 1. The molecule has 0 heterocycles. The van der Waals surface area contributed by atoms with E-state index in [0.717, 1.165) is 12.8 Å². The zero-order valence-electron chi connectivity index (χ0n) is 14.1. The molecule has 0 aliphatic heterocycles. The molecule has 1 N–H and O–H groups in total. The normalized spacial score (nSPS) is 12.6. The van der Waals surface area contributed by atoms with Crippen LogP contribution in [0, 0.1) is 5.92 Å². The van der Waals surface area contributed by atoms with Crippen molar-refractivity contribution in [3.8, 4) is 0 Å². The SMILES string of the molecule is CCCCC(CC)CO[P+](=O)O.CCCCCCCC. The minimum Gasteiger partial charge on any atom is -0.133 e. The van der Waals surface area contributed by atoms with Crippen LogP contribution >= 0.6 is 8.25 Å². The Kier molecular flexibility index (Phi) is 21.2. The molecule has 0 aliphatic carbocycles. The summed E-state index contributed by atoms with van der Waals surface area (Å²) in [6, 6.07) is 0. The zero-order chi connectivity index (χ0) is 15.6. The minimum atomic E-state index is -2.40. The second-order valence-corrected chi connectivity index (χ2v) is 6.10. The molecule has 0 saturated carbocycles. The van der Waals surface area contributed by atoms with E-state index in [1.54, 1.807) is 0 Å². The molecule has 0 saturated heterocycles. The lowest BCUT2D eigenvalue weighted by molar-refractivity contribution is 0.218. The largest absolute Gasteiger partial charge is 0.694 e. The van der Waals surface area contributed by atoms with Crippen molar-refractivity contribution in [2.45, 2.75) is 91.9 Å². The predicted molar refractivity (Wildman–Crippen MR) is 88.1 cm³/mol. The first-order valence-corrected chi connectivity index (χ1v) is 9.54. The summed E-state index contributed by atoms with van der Waals surface area (Å²) in [6.45, 7) is 9.15. The van der Waals surface area contributed by atoms with Crippen LogP contribution in [0.15, 0.2) is 0 Å². The molecule has 0 amide bonds. The van der Waals surface area contributed by atoms with Crippen molar-refractivity contribution in [2.24, 2.45) is 5.92 Å². The third-order valence-corrected chi connectivity index (χ3v) is 3.79. The smallest absolute Gasteiger partial charge is 0.133 e. The Morgan fingerprint density at radius 3 is 1.75 bits per heavy atom. The van der Waals surface area contributed by atoms with Gasteiger partial charge in [0.25, 0.3) is 0 Å². The summed E-state index contributed by atoms with van der Waals surface area (Å²) >= 11 is 0. The number of unbranched alkanes of at least 4 members (excludes halogenated alkanes) is 6. The first-order valence-electron chi connectivity index (χ1n) is 8.41. The van der Waals surface area contributed by atoms with Crippen LogP contribution in [0.3, 0.4) is 0 Å². The van der Waals surface area contributed by atoms with E-state index in [9.17, 15) is 4.57 Å². The third kappa shape index (κ3) is 20.3. The Morgan fingerprint density at radius 2 is 1.40 bits per heavy atom. The third-order valence-electron chi connectivity index (χ3n) is 3.42. The monoisotopic (exact) mass is 307 g/mol. The summed E-state index contributed by atoms with van der Waals surface area (Å²) in [7, 11) is -2.40. The van der Waals surface area contributed by atoms with Gasteiger partial charge in [-0.3, -0.25) is 0 Å². The average molecular weight is 307 g/mol. The molecule has 0 aliphatic rings. The van der Waals surface area contributed by atoms with Crippen molar-refractivity contribution in [1.82, 2.24) is 0 Å². The fourth-order valence-corrected chi connectivity index (χ4v) is 2.26. The van der Waals surface area contributed by atoms with Crippen LogP contribution in [0.1, 0.15) is 91.9 Å². The van der Waals surface area contributed by atoms with Crippen LogP contribution in [0.5, 0.6) is 0 Å². The molecular weight excluding hydrogens is 271 g/mol. The lowest BCUT2D eigenvalue weighted by Crippen LogP contribution is -2.05. The Balaban J connectivity index is 0. The van der Waals surface area contributed by atoms with Crippen molar-refractivity contribution < 1.29 is 14.0 Å². The second kappa shape index (κ2) is 19.0. The summed E-state index contributed by atoms with van der Waals surface area (Å²) in [5.74, 6) is 0.441. The standard InChI is InChI=1S/C8H17O3P.C8H18/c1-3-5-6-8(4-2)7-11-12(9)10;1-3-5-7-8-6-4-2/h8H,3-7H2,1-2H3;3-8H2,1-2H3/p+1. The molecule has 0 bridgehead atoms. The van der Waals surface area contributed by atoms with Crippen molar-refractivity contribution in [2.75, 3.05) is 6.61 Å². The van der Waals surface area contributed by atoms with Gasteiger partial charge in [-0.15, -0.1) is 9.42 Å². The van der Waals surface area contributed by atoms with Gasteiger partial charge < -0.3 is 0 Å². The van der Waals surface area contributed by atoms with Gasteiger partial charge in [0, 0.05) is 4.57 Å². The van der Waals surface area contributed by atoms with E-state index in [0.29, 0.717) is 12.5 Å². The van der Waals surface area contributed by atoms with Gasteiger partial charge >= 0.3 is 8.25 Å². The Labute approximate surface area is 127 Å².